The SMILES string of the molecule is COC(=O)C1C2CC(C3CC4CC3C(C(C)=O)C4C(C)=O)C(C2)C1C(=O)OC.COC(=O)C1C2CC(C3CC4CC3C(C(C)=O)C4C(C)=O)C(C2)C1C(=O)OC. The number of carbonyl (C=O) groups is 8. The molecule has 0 amide bonds. The lowest BCUT2D eigenvalue weighted by Gasteiger charge is -2.42. The summed E-state index contributed by atoms with van der Waals surface area (Å²) < 4.78 is 20.1. The first-order valence-electron chi connectivity index (χ1n) is 20.9. The molecule has 20 unspecified atom stereocenters. The molecular formula is C44H60O12. The molecule has 0 aliphatic heterocycles. The molecular weight excluding hydrogens is 720 g/mol. The van der Waals surface area contributed by atoms with Gasteiger partial charge in [-0.15, -0.1) is 0 Å². The van der Waals surface area contributed by atoms with E-state index in [1.54, 1.807) is 27.7 Å². The largest absolute Gasteiger partial charge is 0.469 e. The normalized spacial score (nSPS) is 45.9. The van der Waals surface area contributed by atoms with E-state index in [1.807, 2.05) is 0 Å². The summed E-state index contributed by atoms with van der Waals surface area (Å²) in [4.78, 5) is 98.9. The molecule has 0 aromatic carbocycles. The Morgan fingerprint density at radius 2 is 0.482 bits per heavy atom. The van der Waals surface area contributed by atoms with Gasteiger partial charge in [0.25, 0.3) is 0 Å². The number of ketones is 4. The fraction of sp³-hybridized carbons (Fsp3) is 0.818. The van der Waals surface area contributed by atoms with Crippen molar-refractivity contribution in [2.45, 2.75) is 79.1 Å². The Labute approximate surface area is 329 Å². The summed E-state index contributed by atoms with van der Waals surface area (Å²) in [6.07, 6.45) is 7.31. The van der Waals surface area contributed by atoms with E-state index in [-0.39, 0.29) is 118 Å². The van der Waals surface area contributed by atoms with Gasteiger partial charge in [-0.05, 0) is 150 Å². The smallest absolute Gasteiger partial charge is 0.309 e. The molecule has 0 aromatic rings. The number of fused-ring (bicyclic) bond motifs is 8. The second-order valence-corrected chi connectivity index (χ2v) is 19.0. The molecule has 0 radical (unpaired) electrons. The zero-order valence-electron chi connectivity index (χ0n) is 34.1. The summed E-state index contributed by atoms with van der Waals surface area (Å²) >= 11 is 0. The number of methoxy groups -OCH3 is 4. The topological polar surface area (TPSA) is 173 Å². The third kappa shape index (κ3) is 6.29. The quantitative estimate of drug-likeness (QED) is 0.224. The molecule has 308 valence electrons. The van der Waals surface area contributed by atoms with E-state index >= 15 is 0 Å². The Bertz CT molecular complexity index is 1550. The van der Waals surface area contributed by atoms with E-state index in [9.17, 15) is 38.4 Å². The van der Waals surface area contributed by atoms with Gasteiger partial charge in [0, 0.05) is 23.7 Å². The number of Topliss-reactive ketones (excluding diaryl/α,β-unsaturated/α-hetero) is 4. The first kappa shape index (κ1) is 40.7. The van der Waals surface area contributed by atoms with Crippen LogP contribution >= 0.6 is 0 Å². The van der Waals surface area contributed by atoms with Gasteiger partial charge in [0.05, 0.1) is 52.1 Å². The van der Waals surface area contributed by atoms with Gasteiger partial charge in [0.15, 0.2) is 0 Å². The molecule has 56 heavy (non-hydrogen) atoms. The Morgan fingerprint density at radius 3 is 0.714 bits per heavy atom. The minimum absolute atomic E-state index is 0.106. The Kier molecular flexibility index (Phi) is 11.2. The van der Waals surface area contributed by atoms with E-state index < -0.39 is 23.7 Å². The van der Waals surface area contributed by atoms with Crippen LogP contribution in [0.1, 0.15) is 79.1 Å². The summed E-state index contributed by atoms with van der Waals surface area (Å²) in [6, 6.07) is 0. The molecule has 8 saturated carbocycles. The second kappa shape index (κ2) is 15.4. The second-order valence-electron chi connectivity index (χ2n) is 19.0. The van der Waals surface area contributed by atoms with Crippen LogP contribution in [0.15, 0.2) is 0 Å². The van der Waals surface area contributed by atoms with Crippen LogP contribution in [0.3, 0.4) is 0 Å². The molecule has 8 rings (SSSR count). The van der Waals surface area contributed by atoms with Crippen molar-refractivity contribution in [1.29, 1.82) is 0 Å². The molecule has 8 aliphatic carbocycles. The average molecular weight is 781 g/mol. The highest BCUT2D eigenvalue weighted by atomic mass is 16.5. The van der Waals surface area contributed by atoms with Gasteiger partial charge in [0.1, 0.15) is 23.1 Å². The van der Waals surface area contributed by atoms with E-state index in [2.05, 4.69) is 0 Å². The molecule has 0 heterocycles. The standard InChI is InChI=1S/2C22H30O6/c2*1-9(23)17-11-5-13(15(7-11)18(17)10(2)24)14-6-12-8-16(14)20(22(26)28-4)19(12)21(25)27-3/h2*11-20H,5-8H2,1-4H3. The first-order valence-corrected chi connectivity index (χ1v) is 20.9. The van der Waals surface area contributed by atoms with Crippen LogP contribution in [0.5, 0.6) is 0 Å². The van der Waals surface area contributed by atoms with E-state index in [1.165, 1.54) is 28.4 Å². The number of carbonyl (C=O) groups excluding carboxylic acids is 8. The summed E-state index contributed by atoms with van der Waals surface area (Å²) in [5.41, 5.74) is 0. The summed E-state index contributed by atoms with van der Waals surface area (Å²) in [6.45, 7) is 6.46. The number of rotatable bonds is 10. The Balaban J connectivity index is 0.000000172. The summed E-state index contributed by atoms with van der Waals surface area (Å²) in [7, 11) is 5.49. The zero-order valence-corrected chi connectivity index (χ0v) is 34.1. The van der Waals surface area contributed by atoms with Crippen molar-refractivity contribution in [2.75, 3.05) is 28.4 Å². The number of ether oxygens (including phenoxy) is 4. The summed E-state index contributed by atoms with van der Waals surface area (Å²) in [5, 5.41) is 0. The maximum Gasteiger partial charge on any atom is 0.309 e. The molecule has 0 saturated heterocycles. The molecule has 8 aliphatic rings. The molecule has 20 atom stereocenters. The fourth-order valence-corrected chi connectivity index (χ4v) is 15.8. The lowest BCUT2D eigenvalue weighted by Crippen LogP contribution is -2.44. The third-order valence-electron chi connectivity index (χ3n) is 17.1. The van der Waals surface area contributed by atoms with E-state index in [4.69, 9.17) is 18.9 Å². The highest BCUT2D eigenvalue weighted by Crippen LogP contribution is 2.67. The molecule has 0 aromatic heterocycles. The summed E-state index contributed by atoms with van der Waals surface area (Å²) in [5.74, 6) is -0.173. The van der Waals surface area contributed by atoms with Crippen molar-refractivity contribution >= 4 is 47.0 Å². The van der Waals surface area contributed by atoms with Crippen LogP contribution in [-0.4, -0.2) is 75.4 Å². The maximum absolute atomic E-state index is 12.5. The number of hydrogen-bond donors (Lipinski definition) is 0. The van der Waals surface area contributed by atoms with Crippen molar-refractivity contribution in [2.24, 2.45) is 118 Å². The first-order chi connectivity index (χ1) is 26.6. The lowest BCUT2D eigenvalue weighted by molar-refractivity contribution is -0.162. The van der Waals surface area contributed by atoms with Crippen molar-refractivity contribution < 1.29 is 57.3 Å². The van der Waals surface area contributed by atoms with Gasteiger partial charge in [-0.3, -0.25) is 38.4 Å². The van der Waals surface area contributed by atoms with Crippen LogP contribution in [0, 0.1) is 118 Å². The Hall–Kier alpha value is -3.44. The highest BCUT2D eigenvalue weighted by Gasteiger charge is 2.66. The van der Waals surface area contributed by atoms with Crippen LogP contribution in [0.2, 0.25) is 0 Å². The van der Waals surface area contributed by atoms with Crippen LogP contribution in [-0.2, 0) is 57.3 Å². The third-order valence-corrected chi connectivity index (χ3v) is 17.1. The van der Waals surface area contributed by atoms with Crippen LogP contribution in [0.25, 0.3) is 0 Å². The van der Waals surface area contributed by atoms with Gasteiger partial charge >= 0.3 is 23.9 Å². The van der Waals surface area contributed by atoms with Crippen molar-refractivity contribution in [3.8, 4) is 0 Å². The fourth-order valence-electron chi connectivity index (χ4n) is 15.8. The zero-order chi connectivity index (χ0) is 40.7. The Morgan fingerprint density at radius 1 is 0.286 bits per heavy atom. The van der Waals surface area contributed by atoms with Gasteiger partial charge in [-0.1, -0.05) is 0 Å². The number of esters is 4. The lowest BCUT2D eigenvalue weighted by atomic mass is 9.61. The van der Waals surface area contributed by atoms with E-state index in [0.29, 0.717) is 23.7 Å². The van der Waals surface area contributed by atoms with Gasteiger partial charge in [-0.25, -0.2) is 0 Å². The maximum atomic E-state index is 12.5. The van der Waals surface area contributed by atoms with Crippen molar-refractivity contribution in [3.05, 3.63) is 0 Å². The molecule has 0 N–H and O–H groups in total. The van der Waals surface area contributed by atoms with Gasteiger partial charge < -0.3 is 18.9 Å². The van der Waals surface area contributed by atoms with Gasteiger partial charge in [0.2, 0.25) is 0 Å². The predicted octanol–water partition coefficient (Wildman–Crippen LogP) is 4.57. The molecule has 8 bridgehead atoms. The molecule has 12 heteroatoms. The predicted molar refractivity (Wildman–Crippen MR) is 198 cm³/mol. The molecule has 0 spiro atoms. The van der Waals surface area contributed by atoms with Crippen molar-refractivity contribution in [1.82, 2.24) is 0 Å². The molecule has 8 fully saturated rings. The minimum atomic E-state index is -0.445. The van der Waals surface area contributed by atoms with E-state index in [0.717, 1.165) is 51.4 Å². The monoisotopic (exact) mass is 780 g/mol. The highest BCUT2D eigenvalue weighted by molar-refractivity contribution is 5.90. The van der Waals surface area contributed by atoms with Crippen molar-refractivity contribution in [3.63, 3.8) is 0 Å². The van der Waals surface area contributed by atoms with Crippen LogP contribution < -0.4 is 0 Å². The van der Waals surface area contributed by atoms with Gasteiger partial charge in [-0.2, -0.15) is 0 Å². The number of hydrogen-bond acceptors (Lipinski definition) is 12. The average Bonchev–Trinajstić information content (AvgIpc) is 4.04. The minimum Gasteiger partial charge on any atom is -0.469 e. The van der Waals surface area contributed by atoms with Crippen LogP contribution in [0.4, 0.5) is 0 Å². The molecule has 12 nitrogen and oxygen atoms in total.